The van der Waals surface area contributed by atoms with Crippen molar-refractivity contribution in [3.05, 3.63) is 222 Å². The van der Waals surface area contributed by atoms with E-state index in [0.717, 1.165) is 99.9 Å². The Hall–Kier alpha value is -10.7. The minimum absolute atomic E-state index is 0.0804. The maximum atomic E-state index is 10.7. The van der Waals surface area contributed by atoms with Crippen molar-refractivity contribution in [3.8, 4) is 24.3 Å². The lowest BCUT2D eigenvalue weighted by Crippen LogP contribution is -2.11. The lowest BCUT2D eigenvalue weighted by molar-refractivity contribution is -0.383. The number of rotatable bonds is 4. The van der Waals surface area contributed by atoms with Crippen LogP contribution in [0.1, 0.15) is 192 Å². The number of nitrogens with one attached hydrogen (secondary N) is 6. The number of non-ortho nitro benzene ring substituents is 2. The summed E-state index contributed by atoms with van der Waals surface area (Å²) in [6, 6.07) is 41.8. The molecule has 0 unspecified atom stereocenters. The van der Waals surface area contributed by atoms with E-state index in [1.165, 1.54) is 22.1 Å². The van der Waals surface area contributed by atoms with Crippen LogP contribution in [0.15, 0.2) is 140 Å². The highest BCUT2D eigenvalue weighted by Crippen LogP contribution is 2.30. The normalized spacial score (nSPS) is 9.67. The third-order valence-corrected chi connectivity index (χ3v) is 13.7. The molecule has 0 saturated heterocycles. The molecule has 6 N–H and O–H groups in total. The van der Waals surface area contributed by atoms with Gasteiger partial charge in [-0.3, -0.25) is 20.2 Å². The Bertz CT molecular complexity index is 4340. The number of hydrogen-bond donors (Lipinski definition) is 6. The summed E-state index contributed by atoms with van der Waals surface area (Å²) in [5.74, 6) is 0.460. The molecule has 16 heteroatoms. The van der Waals surface area contributed by atoms with Crippen LogP contribution in [0.25, 0.3) is 65.4 Å². The maximum Gasteiger partial charge on any atom is 0.293 e. The van der Waals surface area contributed by atoms with Crippen LogP contribution in [0.5, 0.6) is 0 Å². The second-order valence-electron chi connectivity index (χ2n) is 20.9. The predicted octanol–water partition coefficient (Wildman–Crippen LogP) is 22.7. The van der Waals surface area contributed by atoms with Gasteiger partial charge in [-0.2, -0.15) is 21.0 Å². The number of benzene rings is 6. The summed E-state index contributed by atoms with van der Waals surface area (Å²) < 4.78 is 0. The van der Waals surface area contributed by atoms with Crippen LogP contribution in [0.3, 0.4) is 0 Å². The molecular formula is C77H98N12O4. The number of nitro benzene ring substituents is 2. The summed E-state index contributed by atoms with van der Waals surface area (Å²) in [4.78, 5) is 38.7. The fourth-order valence-corrected chi connectivity index (χ4v) is 9.45. The summed E-state index contributed by atoms with van der Waals surface area (Å²) in [7, 11) is 0. The molecule has 0 bridgehead atoms. The fourth-order valence-electron chi connectivity index (χ4n) is 9.45. The lowest BCUT2D eigenvalue weighted by Gasteiger charge is -2.19. The number of H-pyrrole nitrogens is 6. The van der Waals surface area contributed by atoms with Gasteiger partial charge in [-0.05, 0) is 181 Å². The first-order valence-electron chi connectivity index (χ1n) is 32.1. The summed E-state index contributed by atoms with van der Waals surface area (Å²) >= 11 is 0. The molecule has 0 spiro atoms. The van der Waals surface area contributed by atoms with E-state index in [9.17, 15) is 20.2 Å². The van der Waals surface area contributed by atoms with E-state index < -0.39 is 0 Å². The van der Waals surface area contributed by atoms with E-state index in [0.29, 0.717) is 17.0 Å². The van der Waals surface area contributed by atoms with E-state index in [4.69, 9.17) is 21.0 Å². The van der Waals surface area contributed by atoms with Crippen LogP contribution in [-0.2, 0) is 11.8 Å². The average molecular weight is 1260 g/mol. The molecule has 6 aromatic carbocycles. The number of aromatic amines is 6. The highest BCUT2D eigenvalue weighted by molar-refractivity contribution is 5.91. The van der Waals surface area contributed by atoms with Gasteiger partial charge in [-0.1, -0.05) is 125 Å². The molecule has 93 heavy (non-hydrogen) atoms. The van der Waals surface area contributed by atoms with Gasteiger partial charge in [-0.25, -0.2) is 0 Å². The molecule has 0 aliphatic carbocycles. The van der Waals surface area contributed by atoms with Gasteiger partial charge in [0.2, 0.25) is 0 Å². The monoisotopic (exact) mass is 1250 g/mol. The summed E-state index contributed by atoms with van der Waals surface area (Å²) in [5, 5.41) is 63.5. The van der Waals surface area contributed by atoms with E-state index in [1.807, 2.05) is 208 Å². The Morgan fingerprint density at radius 3 is 1.12 bits per heavy atom. The number of aryl methyl sites for hydroxylation is 5. The Labute approximate surface area is 551 Å². The van der Waals surface area contributed by atoms with Crippen molar-refractivity contribution >= 4 is 76.8 Å². The lowest BCUT2D eigenvalue weighted by atomic mass is 9.85. The first-order valence-corrected chi connectivity index (χ1v) is 32.1. The molecule has 6 heterocycles. The van der Waals surface area contributed by atoms with Crippen molar-refractivity contribution < 1.29 is 9.85 Å². The van der Waals surface area contributed by atoms with E-state index >= 15 is 0 Å². The molecule has 0 radical (unpaired) electrons. The average Bonchev–Trinajstić information content (AvgIpc) is 1.86. The topological polar surface area (TPSA) is 276 Å². The number of nitrogens with zero attached hydrogens (tertiary/aromatic N) is 6. The number of fused-ring (bicyclic) bond motifs is 6. The molecule has 0 amide bonds. The molecule has 12 rings (SSSR count). The largest absolute Gasteiger partial charge is 0.361 e. The Balaban J connectivity index is 0.000000540. The Morgan fingerprint density at radius 1 is 0.430 bits per heavy atom. The van der Waals surface area contributed by atoms with Gasteiger partial charge in [-0.15, -0.1) is 0 Å². The first kappa shape index (κ1) is 80.3. The second-order valence-corrected chi connectivity index (χ2v) is 20.9. The number of nitriles is 4. The summed E-state index contributed by atoms with van der Waals surface area (Å²) in [6.45, 7) is 44.5. The van der Waals surface area contributed by atoms with Crippen molar-refractivity contribution in [2.75, 3.05) is 0 Å². The summed E-state index contributed by atoms with van der Waals surface area (Å²) in [5.41, 5.74) is 15.9. The van der Waals surface area contributed by atoms with Crippen molar-refractivity contribution in [1.29, 1.82) is 21.0 Å². The molecule has 0 fully saturated rings. The zero-order valence-corrected chi connectivity index (χ0v) is 58.9. The molecule has 0 atom stereocenters. The zero-order chi connectivity index (χ0) is 70.7. The van der Waals surface area contributed by atoms with E-state index in [1.54, 1.807) is 24.5 Å². The molecule has 490 valence electrons. The SMILES string of the molecule is CC.CC.CC.CC.CC.CC.CC(C)(C)c1cc(C#N)c2[nH]ccc2c1.CC(C)c1cc(C#N)c2[nH]ccc2c1.CCc1cc(C#N)c2[nH]ccc2c1.Cc1cc([N+](=O)[O-])c2[nH]ccc2c1.Cc1cc([N+](=O)[O-])c2[nH]ccc2c1.Cc1cc2cc[nH]c2c(C)c1C#N. The fraction of sp³-hybridized carbons (Fsp3) is 0.325. The van der Waals surface area contributed by atoms with E-state index in [2.05, 4.69) is 114 Å². The van der Waals surface area contributed by atoms with Gasteiger partial charge in [0.05, 0.1) is 54.7 Å². The van der Waals surface area contributed by atoms with Crippen LogP contribution in [0.4, 0.5) is 11.4 Å². The van der Waals surface area contributed by atoms with Gasteiger partial charge in [0.1, 0.15) is 29.2 Å². The van der Waals surface area contributed by atoms with Crippen molar-refractivity contribution in [2.24, 2.45) is 0 Å². The second kappa shape index (κ2) is 40.9. The zero-order valence-electron chi connectivity index (χ0n) is 58.9. The van der Waals surface area contributed by atoms with Gasteiger partial charge < -0.3 is 29.9 Å². The predicted molar refractivity (Wildman–Crippen MR) is 391 cm³/mol. The van der Waals surface area contributed by atoms with Crippen LogP contribution in [-0.4, -0.2) is 39.8 Å². The molecule has 0 aliphatic rings. The van der Waals surface area contributed by atoms with Crippen molar-refractivity contribution in [2.45, 2.75) is 170 Å². The third kappa shape index (κ3) is 21.8. The smallest absolute Gasteiger partial charge is 0.293 e. The minimum Gasteiger partial charge on any atom is -0.361 e. The molecule has 16 nitrogen and oxygen atoms in total. The highest BCUT2D eigenvalue weighted by Gasteiger charge is 2.17. The Morgan fingerprint density at radius 2 is 0.763 bits per heavy atom. The van der Waals surface area contributed by atoms with E-state index in [-0.39, 0.29) is 26.6 Å². The standard InChI is InChI=1S/C13H14N2.C12H12N2.2C11H10N2.2C9H8N2O2.6C2H6/c1-13(2,3)11-6-9-4-5-15-12(9)10(7-11)8-14;1-8(2)10-5-9-3-4-14-12(9)11(6-10)7-13;1-7-5-9-3-4-13-11(9)8(2)10(7)6-12;1-2-8-5-9-3-4-13-11(9)10(6-8)7-12;2*1-6-4-7-2-3-10-9(7)8(5-6)11(12)13;6*1-2/h4-7,15H,1-3H3;3-6,8,14H,1-2H3;3-5,13H,1-2H3;3-6,13H,2H2,1H3;2*2-5,10H,1H3;6*1-2H3. The van der Waals surface area contributed by atoms with Crippen LogP contribution in [0, 0.1) is 93.2 Å². The quantitative estimate of drug-likeness (QED) is 0.0726. The number of hydrogen-bond acceptors (Lipinski definition) is 8. The molecule has 0 aliphatic heterocycles. The minimum atomic E-state index is -0.369. The molecule has 12 aromatic rings. The Kier molecular flexibility index (Phi) is 35.3. The molecule has 6 aromatic heterocycles. The number of aromatic nitrogens is 6. The van der Waals surface area contributed by atoms with Crippen LogP contribution >= 0.6 is 0 Å². The summed E-state index contributed by atoms with van der Waals surface area (Å²) in [6.07, 6.45) is 11.9. The van der Waals surface area contributed by atoms with Gasteiger partial charge in [0.25, 0.3) is 11.4 Å². The highest BCUT2D eigenvalue weighted by atomic mass is 16.6. The van der Waals surface area contributed by atoms with Crippen molar-refractivity contribution in [1.82, 2.24) is 29.9 Å². The first-order chi connectivity index (χ1) is 44.7. The number of nitro groups is 2. The van der Waals surface area contributed by atoms with Crippen LogP contribution < -0.4 is 0 Å². The molecular weight excluding hydrogens is 1160 g/mol. The maximum absolute atomic E-state index is 10.7. The third-order valence-electron chi connectivity index (χ3n) is 13.7. The van der Waals surface area contributed by atoms with Crippen molar-refractivity contribution in [3.63, 3.8) is 0 Å². The van der Waals surface area contributed by atoms with Crippen LogP contribution in [0.2, 0.25) is 0 Å². The van der Waals surface area contributed by atoms with Gasteiger partial charge in [0.15, 0.2) is 0 Å². The van der Waals surface area contributed by atoms with Gasteiger partial charge in [0, 0.05) is 81.8 Å². The molecule has 0 saturated carbocycles. The van der Waals surface area contributed by atoms with Gasteiger partial charge >= 0.3 is 0 Å².